The minimum atomic E-state index is -0.508. The number of carbonyl (C=O) groups excluding carboxylic acids is 3. The molecule has 2 amide bonds. The maximum atomic E-state index is 12.6. The van der Waals surface area contributed by atoms with Crippen molar-refractivity contribution in [2.45, 2.75) is 12.2 Å². The Morgan fingerprint density at radius 1 is 1.14 bits per heavy atom. The van der Waals surface area contributed by atoms with Gasteiger partial charge < -0.3 is 9.47 Å². The van der Waals surface area contributed by atoms with Crippen LogP contribution >= 0.6 is 0 Å². The number of nitrogens with zero attached hydrogens (tertiary/aromatic N) is 1. The molecule has 1 aromatic rings. The third-order valence-corrected chi connectivity index (χ3v) is 4.44. The monoisotopic (exact) mass is 299 g/mol. The van der Waals surface area contributed by atoms with Crippen LogP contribution in [0.3, 0.4) is 0 Å². The molecule has 3 aliphatic rings. The summed E-state index contributed by atoms with van der Waals surface area (Å²) in [6.45, 7) is 0. The zero-order valence-electron chi connectivity index (χ0n) is 11.8. The predicted molar refractivity (Wildman–Crippen MR) is 75.1 cm³/mol. The van der Waals surface area contributed by atoms with Crippen LogP contribution in [0.4, 0.5) is 5.69 Å². The van der Waals surface area contributed by atoms with E-state index in [9.17, 15) is 14.4 Å². The number of amides is 2. The van der Waals surface area contributed by atoms with Gasteiger partial charge in [0.15, 0.2) is 0 Å². The van der Waals surface area contributed by atoms with Crippen LogP contribution in [0.25, 0.3) is 0 Å². The van der Waals surface area contributed by atoms with E-state index < -0.39 is 17.8 Å². The van der Waals surface area contributed by atoms with Crippen molar-refractivity contribution < 1.29 is 23.9 Å². The first-order valence-corrected chi connectivity index (χ1v) is 7.02. The molecule has 4 atom stereocenters. The topological polar surface area (TPSA) is 72.9 Å². The molecule has 0 saturated carbocycles. The van der Waals surface area contributed by atoms with E-state index in [4.69, 9.17) is 4.74 Å². The number of carbonyl (C=O) groups is 3. The van der Waals surface area contributed by atoms with Crippen molar-refractivity contribution in [1.29, 1.82) is 0 Å². The van der Waals surface area contributed by atoms with E-state index in [1.54, 1.807) is 18.2 Å². The molecule has 2 fully saturated rings. The standard InChI is InChI=1S/C16H13NO5/c1-21-16(20)8-3-2-4-9(7-8)17-14(18)12-10-5-6-11(22-10)13(12)15(17)19/h2-7,10-13H,1H3/t10-,11-,12-,13+/m1/s1. The predicted octanol–water partition coefficient (Wildman–Crippen LogP) is 0.916. The first-order chi connectivity index (χ1) is 10.6. The molecule has 22 heavy (non-hydrogen) atoms. The molecule has 0 unspecified atom stereocenters. The van der Waals surface area contributed by atoms with Crippen LogP contribution in [0.1, 0.15) is 10.4 Å². The van der Waals surface area contributed by atoms with Crippen LogP contribution in [0.5, 0.6) is 0 Å². The Morgan fingerprint density at radius 3 is 2.36 bits per heavy atom. The van der Waals surface area contributed by atoms with Crippen LogP contribution in [0, 0.1) is 11.8 Å². The van der Waals surface area contributed by atoms with Gasteiger partial charge in [-0.25, -0.2) is 9.69 Å². The second kappa shape index (κ2) is 4.51. The van der Waals surface area contributed by atoms with Gasteiger partial charge in [0.05, 0.1) is 42.4 Å². The summed E-state index contributed by atoms with van der Waals surface area (Å²) >= 11 is 0. The number of ether oxygens (including phenoxy) is 2. The Morgan fingerprint density at radius 2 is 1.77 bits per heavy atom. The Bertz CT molecular complexity index is 695. The number of hydrogen-bond donors (Lipinski definition) is 0. The third kappa shape index (κ3) is 1.61. The molecule has 0 aromatic heterocycles. The highest BCUT2D eigenvalue weighted by molar-refractivity contribution is 6.23. The molecule has 6 heteroatoms. The highest BCUT2D eigenvalue weighted by Gasteiger charge is 2.61. The van der Waals surface area contributed by atoms with Gasteiger partial charge in [-0.15, -0.1) is 0 Å². The van der Waals surface area contributed by atoms with Crippen molar-refractivity contribution in [3.63, 3.8) is 0 Å². The molecule has 112 valence electrons. The largest absolute Gasteiger partial charge is 0.465 e. The minimum Gasteiger partial charge on any atom is -0.465 e. The lowest BCUT2D eigenvalue weighted by atomic mass is 9.85. The lowest BCUT2D eigenvalue weighted by molar-refractivity contribution is -0.124. The van der Waals surface area contributed by atoms with Crippen molar-refractivity contribution in [3.8, 4) is 0 Å². The lowest BCUT2D eigenvalue weighted by Crippen LogP contribution is -2.34. The SMILES string of the molecule is COC(=O)c1cccc(N2C(=O)[C@@H]3[C@H](C2=O)[C@H]2C=C[C@H]3O2)c1. The van der Waals surface area contributed by atoms with Crippen molar-refractivity contribution in [3.05, 3.63) is 42.0 Å². The fourth-order valence-electron chi connectivity index (χ4n) is 3.45. The van der Waals surface area contributed by atoms with E-state index >= 15 is 0 Å². The zero-order chi connectivity index (χ0) is 15.4. The summed E-state index contributed by atoms with van der Waals surface area (Å²) in [6.07, 6.45) is 3.04. The highest BCUT2D eigenvalue weighted by atomic mass is 16.5. The molecular formula is C16H13NO5. The Hall–Kier alpha value is -2.47. The van der Waals surface area contributed by atoms with Gasteiger partial charge >= 0.3 is 5.97 Å². The molecule has 0 radical (unpaired) electrons. The van der Waals surface area contributed by atoms with Gasteiger partial charge in [0.25, 0.3) is 0 Å². The number of esters is 1. The minimum absolute atomic E-state index is 0.270. The quantitative estimate of drug-likeness (QED) is 0.461. The smallest absolute Gasteiger partial charge is 0.337 e. The van der Waals surface area contributed by atoms with E-state index in [0.717, 1.165) is 4.90 Å². The number of hydrogen-bond acceptors (Lipinski definition) is 5. The van der Waals surface area contributed by atoms with E-state index in [1.807, 2.05) is 12.2 Å². The summed E-state index contributed by atoms with van der Waals surface area (Å²) in [5, 5.41) is 0. The number of benzene rings is 1. The molecular weight excluding hydrogens is 286 g/mol. The van der Waals surface area contributed by atoms with E-state index in [2.05, 4.69) is 4.74 Å². The fraction of sp³-hybridized carbons (Fsp3) is 0.312. The van der Waals surface area contributed by atoms with Crippen molar-refractivity contribution >= 4 is 23.5 Å². The lowest BCUT2D eigenvalue weighted by Gasteiger charge is -2.18. The first-order valence-electron chi connectivity index (χ1n) is 7.02. The second-order valence-corrected chi connectivity index (χ2v) is 5.56. The zero-order valence-corrected chi connectivity index (χ0v) is 11.8. The molecule has 3 heterocycles. The highest BCUT2D eigenvalue weighted by Crippen LogP contribution is 2.46. The van der Waals surface area contributed by atoms with Crippen LogP contribution in [-0.2, 0) is 19.1 Å². The number of rotatable bonds is 2. The molecule has 3 aliphatic heterocycles. The van der Waals surface area contributed by atoms with Gasteiger partial charge in [0.2, 0.25) is 11.8 Å². The maximum Gasteiger partial charge on any atom is 0.337 e. The van der Waals surface area contributed by atoms with Gasteiger partial charge in [-0.1, -0.05) is 18.2 Å². The molecule has 0 N–H and O–H groups in total. The molecule has 4 rings (SSSR count). The van der Waals surface area contributed by atoms with Crippen molar-refractivity contribution in [1.82, 2.24) is 0 Å². The number of anilines is 1. The molecule has 0 aliphatic carbocycles. The van der Waals surface area contributed by atoms with E-state index in [1.165, 1.54) is 13.2 Å². The maximum absolute atomic E-state index is 12.6. The number of imide groups is 1. The summed E-state index contributed by atoms with van der Waals surface area (Å²) in [4.78, 5) is 38.0. The second-order valence-electron chi connectivity index (χ2n) is 5.56. The first kappa shape index (κ1) is 13.2. The Balaban J connectivity index is 1.71. The van der Waals surface area contributed by atoms with Crippen LogP contribution in [0.2, 0.25) is 0 Å². The Kier molecular flexibility index (Phi) is 2.71. The summed E-state index contributed by atoms with van der Waals surface area (Å²) in [5.41, 5.74) is 0.696. The summed E-state index contributed by atoms with van der Waals surface area (Å²) in [6, 6.07) is 6.34. The summed E-state index contributed by atoms with van der Waals surface area (Å²) < 4.78 is 10.3. The molecule has 1 aromatic carbocycles. The van der Waals surface area contributed by atoms with Gasteiger partial charge in [-0.3, -0.25) is 9.59 Å². The van der Waals surface area contributed by atoms with Crippen LogP contribution in [0.15, 0.2) is 36.4 Å². The normalized spacial score (nSPS) is 31.8. The summed E-state index contributed by atoms with van der Waals surface area (Å²) in [5.74, 6) is -1.96. The number of methoxy groups -OCH3 is 1. The Labute approximate surface area is 126 Å². The molecule has 0 spiro atoms. The van der Waals surface area contributed by atoms with Crippen molar-refractivity contribution in [2.75, 3.05) is 12.0 Å². The van der Waals surface area contributed by atoms with E-state index in [0.29, 0.717) is 11.3 Å². The van der Waals surface area contributed by atoms with Gasteiger partial charge in [-0.2, -0.15) is 0 Å². The molecule has 6 nitrogen and oxygen atoms in total. The summed E-state index contributed by atoms with van der Waals surface area (Å²) in [7, 11) is 1.28. The number of fused-ring (bicyclic) bond motifs is 5. The van der Waals surface area contributed by atoms with Crippen LogP contribution in [-0.4, -0.2) is 37.1 Å². The third-order valence-electron chi connectivity index (χ3n) is 4.44. The van der Waals surface area contributed by atoms with Gasteiger partial charge in [0, 0.05) is 0 Å². The van der Waals surface area contributed by atoms with Crippen LogP contribution < -0.4 is 4.90 Å². The van der Waals surface area contributed by atoms with Gasteiger partial charge in [-0.05, 0) is 18.2 Å². The fourth-order valence-corrected chi connectivity index (χ4v) is 3.45. The average Bonchev–Trinajstić information content (AvgIpc) is 3.21. The molecule has 2 saturated heterocycles. The van der Waals surface area contributed by atoms with Gasteiger partial charge in [0.1, 0.15) is 0 Å². The van der Waals surface area contributed by atoms with Crippen molar-refractivity contribution in [2.24, 2.45) is 11.8 Å². The molecule has 2 bridgehead atoms. The average molecular weight is 299 g/mol. The van der Waals surface area contributed by atoms with E-state index in [-0.39, 0.29) is 24.0 Å².